The number of benzene rings is 1. The number of esters is 1. The van der Waals surface area contributed by atoms with Crippen LogP contribution in [0.1, 0.15) is 49.4 Å². The highest BCUT2D eigenvalue weighted by Crippen LogP contribution is 2.32. The fraction of sp³-hybridized carbons (Fsp3) is 0.556. The van der Waals surface area contributed by atoms with E-state index in [1.54, 1.807) is 31.2 Å². The number of hydrogen-bond acceptors (Lipinski definition) is 4. The zero-order valence-corrected chi connectivity index (χ0v) is 13.5. The molecular formula is C18H24N2O3. The molecule has 124 valence electrons. The minimum Gasteiger partial charge on any atom is -0.462 e. The van der Waals surface area contributed by atoms with Gasteiger partial charge >= 0.3 is 5.97 Å². The van der Waals surface area contributed by atoms with Crippen molar-refractivity contribution in [2.75, 3.05) is 11.9 Å². The first-order valence-corrected chi connectivity index (χ1v) is 8.47. The summed E-state index contributed by atoms with van der Waals surface area (Å²) in [6.45, 7) is 2.11. The maximum atomic E-state index is 12.3. The summed E-state index contributed by atoms with van der Waals surface area (Å²) < 4.78 is 4.98. The molecule has 5 heteroatoms. The molecule has 2 N–H and O–H groups in total. The Kier molecular flexibility index (Phi) is 4.96. The van der Waals surface area contributed by atoms with Gasteiger partial charge in [0.05, 0.1) is 12.2 Å². The monoisotopic (exact) mass is 316 g/mol. The molecule has 5 nitrogen and oxygen atoms in total. The molecule has 2 saturated heterocycles. The number of rotatable bonds is 5. The fourth-order valence-electron chi connectivity index (χ4n) is 3.75. The first-order chi connectivity index (χ1) is 11.1. The van der Waals surface area contributed by atoms with Crippen molar-refractivity contribution in [2.24, 2.45) is 5.92 Å². The zero-order valence-electron chi connectivity index (χ0n) is 13.5. The van der Waals surface area contributed by atoms with Crippen LogP contribution in [0.25, 0.3) is 0 Å². The van der Waals surface area contributed by atoms with Gasteiger partial charge in [-0.05, 0) is 56.7 Å². The number of fused-ring (bicyclic) bond motifs is 2. The van der Waals surface area contributed by atoms with Crippen LogP contribution < -0.4 is 10.6 Å². The van der Waals surface area contributed by atoms with Crippen molar-refractivity contribution < 1.29 is 14.3 Å². The quantitative estimate of drug-likeness (QED) is 0.820. The highest BCUT2D eigenvalue weighted by molar-refractivity contribution is 5.94. The molecule has 2 atom stereocenters. The smallest absolute Gasteiger partial charge is 0.338 e. The molecule has 2 fully saturated rings. The van der Waals surface area contributed by atoms with E-state index in [0.717, 1.165) is 12.8 Å². The van der Waals surface area contributed by atoms with Gasteiger partial charge in [0.1, 0.15) is 0 Å². The molecule has 0 spiro atoms. The van der Waals surface area contributed by atoms with Crippen LogP contribution >= 0.6 is 0 Å². The Morgan fingerprint density at radius 2 is 2.00 bits per heavy atom. The molecule has 1 aromatic carbocycles. The second kappa shape index (κ2) is 7.13. The topological polar surface area (TPSA) is 67.4 Å². The van der Waals surface area contributed by atoms with E-state index < -0.39 is 0 Å². The maximum Gasteiger partial charge on any atom is 0.338 e. The van der Waals surface area contributed by atoms with Crippen molar-refractivity contribution in [2.45, 2.75) is 51.1 Å². The van der Waals surface area contributed by atoms with Gasteiger partial charge in [-0.1, -0.05) is 6.07 Å². The summed E-state index contributed by atoms with van der Waals surface area (Å²) in [6.07, 6.45) is 5.21. The van der Waals surface area contributed by atoms with E-state index in [-0.39, 0.29) is 11.9 Å². The third kappa shape index (κ3) is 4.10. The number of piperidine rings is 1. The minimum absolute atomic E-state index is 0.0253. The average molecular weight is 316 g/mol. The molecule has 0 aromatic heterocycles. The zero-order chi connectivity index (χ0) is 16.2. The van der Waals surface area contributed by atoms with E-state index >= 15 is 0 Å². The van der Waals surface area contributed by atoms with E-state index in [0.29, 0.717) is 42.3 Å². The van der Waals surface area contributed by atoms with E-state index in [1.165, 1.54) is 12.8 Å². The predicted molar refractivity (Wildman–Crippen MR) is 88.3 cm³/mol. The first-order valence-electron chi connectivity index (χ1n) is 8.47. The average Bonchev–Trinajstić information content (AvgIpc) is 2.86. The third-order valence-electron chi connectivity index (χ3n) is 4.70. The molecule has 0 radical (unpaired) electrons. The SMILES string of the molecule is CCOC(=O)c1cccc(NC(=O)CC2CC3CCC(C2)N3)c1. The summed E-state index contributed by atoms with van der Waals surface area (Å²) in [5.41, 5.74) is 1.11. The van der Waals surface area contributed by atoms with Crippen LogP contribution in [0.3, 0.4) is 0 Å². The highest BCUT2D eigenvalue weighted by Gasteiger charge is 2.34. The lowest BCUT2D eigenvalue weighted by Gasteiger charge is -2.28. The van der Waals surface area contributed by atoms with Crippen LogP contribution in [0.5, 0.6) is 0 Å². The van der Waals surface area contributed by atoms with Crippen molar-refractivity contribution in [1.29, 1.82) is 0 Å². The lowest BCUT2D eigenvalue weighted by Crippen LogP contribution is -2.39. The number of amides is 1. The molecule has 2 heterocycles. The Bertz CT molecular complexity index is 575. The van der Waals surface area contributed by atoms with Crippen molar-refractivity contribution in [3.8, 4) is 0 Å². The number of anilines is 1. The second-order valence-corrected chi connectivity index (χ2v) is 6.53. The molecule has 0 aliphatic carbocycles. The van der Waals surface area contributed by atoms with Crippen molar-refractivity contribution in [1.82, 2.24) is 5.32 Å². The van der Waals surface area contributed by atoms with Crippen LogP contribution in [0.15, 0.2) is 24.3 Å². The Hall–Kier alpha value is -1.88. The van der Waals surface area contributed by atoms with Crippen molar-refractivity contribution >= 4 is 17.6 Å². The highest BCUT2D eigenvalue weighted by atomic mass is 16.5. The number of nitrogens with one attached hydrogen (secondary N) is 2. The van der Waals surface area contributed by atoms with Gasteiger partial charge in [0, 0.05) is 24.2 Å². The maximum absolute atomic E-state index is 12.3. The minimum atomic E-state index is -0.362. The molecule has 23 heavy (non-hydrogen) atoms. The first kappa shape index (κ1) is 16.0. The van der Waals surface area contributed by atoms with Crippen molar-refractivity contribution in [3.63, 3.8) is 0 Å². The summed E-state index contributed by atoms with van der Waals surface area (Å²) in [4.78, 5) is 24.0. The third-order valence-corrected chi connectivity index (χ3v) is 4.70. The molecule has 3 rings (SSSR count). The van der Waals surface area contributed by atoms with Gasteiger partial charge in [-0.25, -0.2) is 4.79 Å². The van der Waals surface area contributed by atoms with Crippen molar-refractivity contribution in [3.05, 3.63) is 29.8 Å². The van der Waals surface area contributed by atoms with E-state index in [1.807, 2.05) is 0 Å². The van der Waals surface area contributed by atoms with Crippen LogP contribution in [0.2, 0.25) is 0 Å². The van der Waals surface area contributed by atoms with Gasteiger partial charge in [0.2, 0.25) is 5.91 Å². The number of carbonyl (C=O) groups excluding carboxylic acids is 2. The Morgan fingerprint density at radius 3 is 2.70 bits per heavy atom. The summed E-state index contributed by atoms with van der Waals surface area (Å²) in [5.74, 6) is 0.123. The number of ether oxygens (including phenoxy) is 1. The summed E-state index contributed by atoms with van der Waals surface area (Å²) in [6, 6.07) is 8.11. The lowest BCUT2D eigenvalue weighted by atomic mass is 9.89. The normalized spacial score (nSPS) is 25.9. The molecule has 2 aliphatic heterocycles. The Morgan fingerprint density at radius 1 is 1.26 bits per heavy atom. The van der Waals surface area contributed by atoms with Crippen LogP contribution in [-0.4, -0.2) is 30.6 Å². The fourth-order valence-corrected chi connectivity index (χ4v) is 3.75. The van der Waals surface area contributed by atoms with Gasteiger partial charge in [0.15, 0.2) is 0 Å². The van der Waals surface area contributed by atoms with Crippen LogP contribution in [0.4, 0.5) is 5.69 Å². The largest absolute Gasteiger partial charge is 0.462 e. The van der Waals surface area contributed by atoms with Gasteiger partial charge in [0.25, 0.3) is 0 Å². The van der Waals surface area contributed by atoms with Gasteiger partial charge in [-0.2, -0.15) is 0 Å². The summed E-state index contributed by atoms with van der Waals surface area (Å²) >= 11 is 0. The predicted octanol–water partition coefficient (Wildman–Crippen LogP) is 2.72. The standard InChI is InChI=1S/C18H24N2O3/c1-2-23-18(22)13-4-3-5-14(11-13)20-17(21)10-12-8-15-6-7-16(9-12)19-15/h3-5,11-12,15-16,19H,2,6-10H2,1H3,(H,20,21). The van der Waals surface area contributed by atoms with E-state index in [9.17, 15) is 9.59 Å². The molecule has 0 saturated carbocycles. The Balaban J connectivity index is 1.55. The lowest BCUT2D eigenvalue weighted by molar-refractivity contribution is -0.117. The van der Waals surface area contributed by atoms with E-state index in [4.69, 9.17) is 4.74 Å². The molecule has 2 bridgehead atoms. The number of hydrogen-bond donors (Lipinski definition) is 2. The van der Waals surface area contributed by atoms with Crippen LogP contribution in [0, 0.1) is 5.92 Å². The molecule has 1 amide bonds. The van der Waals surface area contributed by atoms with Crippen LogP contribution in [-0.2, 0) is 9.53 Å². The van der Waals surface area contributed by atoms with Gasteiger partial charge in [-0.3, -0.25) is 4.79 Å². The second-order valence-electron chi connectivity index (χ2n) is 6.53. The Labute approximate surface area is 136 Å². The molecule has 2 aliphatic rings. The molecule has 2 unspecified atom stereocenters. The molecule has 1 aromatic rings. The number of carbonyl (C=O) groups is 2. The summed E-state index contributed by atoms with van der Waals surface area (Å²) in [7, 11) is 0. The van der Waals surface area contributed by atoms with Gasteiger partial charge in [-0.15, -0.1) is 0 Å². The molecular weight excluding hydrogens is 292 g/mol. The van der Waals surface area contributed by atoms with E-state index in [2.05, 4.69) is 10.6 Å². The van der Waals surface area contributed by atoms with Gasteiger partial charge < -0.3 is 15.4 Å². The summed E-state index contributed by atoms with van der Waals surface area (Å²) in [5, 5.41) is 6.50.